The van der Waals surface area contributed by atoms with Gasteiger partial charge >= 0.3 is 5.97 Å². The van der Waals surface area contributed by atoms with Crippen LogP contribution in [0.2, 0.25) is 0 Å². The van der Waals surface area contributed by atoms with Gasteiger partial charge in [-0.3, -0.25) is 43.2 Å². The molecule has 0 saturated carbocycles. The van der Waals surface area contributed by atoms with Gasteiger partial charge in [0.2, 0.25) is 53.2 Å². The average molecular weight is 814 g/mol. The lowest BCUT2D eigenvalue weighted by Crippen LogP contribution is -2.57. The van der Waals surface area contributed by atoms with Crippen LogP contribution in [0.5, 0.6) is 0 Å². The van der Waals surface area contributed by atoms with Crippen LogP contribution in [0.1, 0.15) is 72.1 Å². The molecular weight excluding hydrogens is 754 g/mol. The third-order valence-corrected chi connectivity index (χ3v) is 8.72. The highest BCUT2D eigenvalue weighted by molar-refractivity contribution is 5.96. The Kier molecular flexibility index (Phi) is 22.3. The highest BCUT2D eigenvalue weighted by Crippen LogP contribution is 2.18. The second-order valence-corrected chi connectivity index (χ2v) is 13.9. The Hall–Kier alpha value is -5.42. The summed E-state index contributed by atoms with van der Waals surface area (Å²) in [7, 11) is 0. The summed E-state index contributed by atoms with van der Waals surface area (Å²) < 4.78 is 0. The Morgan fingerprint density at radius 1 is 0.719 bits per heavy atom. The third-order valence-electron chi connectivity index (χ3n) is 8.72. The van der Waals surface area contributed by atoms with Crippen molar-refractivity contribution in [1.29, 1.82) is 0 Å². The number of nitrogens with one attached hydrogen (secondary N) is 7. The molecular formula is C34H59N11O12. The van der Waals surface area contributed by atoms with E-state index in [0.717, 1.165) is 0 Å². The Morgan fingerprint density at radius 3 is 1.93 bits per heavy atom. The van der Waals surface area contributed by atoms with Gasteiger partial charge in [0.05, 0.1) is 26.2 Å². The number of aliphatic carboxylic acids is 1. The van der Waals surface area contributed by atoms with Crippen molar-refractivity contribution in [3.63, 3.8) is 0 Å². The first-order valence-corrected chi connectivity index (χ1v) is 18.7. The number of hydrogen-bond donors (Lipinski definition) is 12. The van der Waals surface area contributed by atoms with E-state index in [0.29, 0.717) is 32.2 Å². The molecule has 1 saturated heterocycles. The highest BCUT2D eigenvalue weighted by Gasteiger charge is 2.36. The van der Waals surface area contributed by atoms with Crippen molar-refractivity contribution >= 4 is 59.1 Å². The first-order chi connectivity index (χ1) is 26.8. The fraction of sp³-hybridized carbons (Fsp3) is 0.706. The predicted molar refractivity (Wildman–Crippen MR) is 201 cm³/mol. The van der Waals surface area contributed by atoms with Gasteiger partial charge in [-0.15, -0.1) is 0 Å². The van der Waals surface area contributed by atoms with Crippen LogP contribution in [0.3, 0.4) is 0 Å². The number of nitrogens with two attached hydrogens (primary N) is 3. The van der Waals surface area contributed by atoms with E-state index >= 15 is 0 Å². The van der Waals surface area contributed by atoms with E-state index in [-0.39, 0.29) is 38.1 Å². The summed E-state index contributed by atoms with van der Waals surface area (Å²) in [5.74, 6) is -8.31. The van der Waals surface area contributed by atoms with Crippen molar-refractivity contribution in [3.05, 3.63) is 0 Å². The Morgan fingerprint density at radius 2 is 1.35 bits per heavy atom. The number of hydrogen-bond acceptors (Lipinski definition) is 13. The number of carboxylic acids is 1. The third kappa shape index (κ3) is 18.4. The molecule has 23 heteroatoms. The minimum Gasteiger partial charge on any atom is -0.480 e. The van der Waals surface area contributed by atoms with E-state index in [2.05, 4.69) is 37.2 Å². The summed E-state index contributed by atoms with van der Waals surface area (Å²) in [6.07, 6.45) is 1.63. The summed E-state index contributed by atoms with van der Waals surface area (Å²) in [4.78, 5) is 126. The highest BCUT2D eigenvalue weighted by atomic mass is 16.4. The van der Waals surface area contributed by atoms with Crippen LogP contribution >= 0.6 is 0 Å². The quantitative estimate of drug-likeness (QED) is 0.0362. The molecule has 1 fully saturated rings. The smallest absolute Gasteiger partial charge is 0.326 e. The van der Waals surface area contributed by atoms with Crippen LogP contribution in [-0.2, 0) is 47.9 Å². The van der Waals surface area contributed by atoms with E-state index in [1.807, 2.05) is 0 Å². The maximum absolute atomic E-state index is 13.2. The number of nitrogens with zero attached hydrogens (tertiary/aromatic N) is 1. The number of primary amides is 1. The largest absolute Gasteiger partial charge is 0.480 e. The zero-order valence-corrected chi connectivity index (χ0v) is 32.6. The maximum atomic E-state index is 13.2. The van der Waals surface area contributed by atoms with Gasteiger partial charge in [-0.25, -0.2) is 4.79 Å². The second-order valence-electron chi connectivity index (χ2n) is 13.9. The fourth-order valence-electron chi connectivity index (χ4n) is 5.67. The van der Waals surface area contributed by atoms with Gasteiger partial charge in [-0.05, 0) is 64.3 Å². The summed E-state index contributed by atoms with van der Waals surface area (Å²) in [5, 5.41) is 35.8. The molecule has 0 aromatic heterocycles. The van der Waals surface area contributed by atoms with E-state index in [4.69, 9.17) is 17.2 Å². The molecule has 0 aromatic rings. The van der Waals surface area contributed by atoms with Gasteiger partial charge in [0.15, 0.2) is 0 Å². The van der Waals surface area contributed by atoms with Gasteiger partial charge in [0.25, 0.3) is 0 Å². The van der Waals surface area contributed by atoms with Crippen LogP contribution in [0.4, 0.5) is 0 Å². The number of carbonyl (C=O) groups excluding carboxylic acids is 9. The maximum Gasteiger partial charge on any atom is 0.326 e. The molecule has 1 aliphatic heterocycles. The standard InChI is InChI=1S/C34H59N11O12/c1-18(2)13-22(42-27(49)15-38-30(52)23(17-46)44-31(53)20(9-10-25(37)47)41-26(48)14-36)32(54)40-19(3)29(51)39-16-28(50)45-12-6-8-24(45)33(55)43-21(34(56)57)7-4-5-11-35/h18-24,46H,4-17,35-36H2,1-3H3,(H2,37,47)(H,38,52)(H,39,51)(H,40,54)(H,41,48)(H,42,49)(H,43,55)(H,44,53)(H,56,57)/t19-,20-,21-,22-,23-,24-/m0/s1. The lowest BCUT2D eigenvalue weighted by Gasteiger charge is -2.26. The van der Waals surface area contributed by atoms with E-state index in [1.165, 1.54) is 11.8 Å². The molecule has 0 spiro atoms. The first kappa shape index (κ1) is 49.6. The molecule has 9 amide bonds. The van der Waals surface area contributed by atoms with Crippen molar-refractivity contribution in [2.75, 3.05) is 39.3 Å². The summed E-state index contributed by atoms with van der Waals surface area (Å²) in [5.41, 5.74) is 15.8. The predicted octanol–water partition coefficient (Wildman–Crippen LogP) is -5.87. The van der Waals surface area contributed by atoms with E-state index < -0.39 is 122 Å². The van der Waals surface area contributed by atoms with Gasteiger partial charge in [-0.2, -0.15) is 0 Å². The van der Waals surface area contributed by atoms with E-state index in [9.17, 15) is 58.2 Å². The molecule has 0 aliphatic carbocycles. The molecule has 6 atom stereocenters. The van der Waals surface area contributed by atoms with Crippen molar-refractivity contribution in [3.8, 4) is 0 Å². The minimum atomic E-state index is -1.58. The van der Waals surface area contributed by atoms with Crippen LogP contribution in [-0.4, -0.2) is 150 Å². The molecule has 57 heavy (non-hydrogen) atoms. The number of aliphatic hydroxyl groups is 1. The van der Waals surface area contributed by atoms with Crippen molar-refractivity contribution < 1.29 is 58.2 Å². The molecule has 0 radical (unpaired) electrons. The van der Waals surface area contributed by atoms with Crippen molar-refractivity contribution in [2.45, 2.75) is 108 Å². The molecule has 0 unspecified atom stereocenters. The molecule has 322 valence electrons. The van der Waals surface area contributed by atoms with Gasteiger partial charge < -0.3 is 69.5 Å². The monoisotopic (exact) mass is 813 g/mol. The van der Waals surface area contributed by atoms with Gasteiger partial charge in [0, 0.05) is 13.0 Å². The number of amides is 9. The molecule has 1 aliphatic rings. The Balaban J connectivity index is 2.76. The summed E-state index contributed by atoms with van der Waals surface area (Å²) in [6, 6.07) is -7.32. The molecule has 0 bridgehead atoms. The lowest BCUT2D eigenvalue weighted by atomic mass is 10.0. The summed E-state index contributed by atoms with van der Waals surface area (Å²) in [6.45, 7) is 2.89. The van der Waals surface area contributed by atoms with Crippen LogP contribution in [0.15, 0.2) is 0 Å². The van der Waals surface area contributed by atoms with Crippen molar-refractivity contribution in [1.82, 2.24) is 42.1 Å². The normalized spacial score (nSPS) is 16.2. The molecule has 0 aromatic carbocycles. The first-order valence-electron chi connectivity index (χ1n) is 18.7. The fourth-order valence-corrected chi connectivity index (χ4v) is 5.67. The molecule has 23 nitrogen and oxygen atoms in total. The molecule has 15 N–H and O–H groups in total. The lowest BCUT2D eigenvalue weighted by molar-refractivity contribution is -0.144. The summed E-state index contributed by atoms with van der Waals surface area (Å²) >= 11 is 0. The number of likely N-dealkylation sites (tertiary alicyclic amines) is 1. The zero-order valence-electron chi connectivity index (χ0n) is 32.6. The minimum absolute atomic E-state index is 0.114. The van der Waals surface area contributed by atoms with Gasteiger partial charge in [-0.1, -0.05) is 13.8 Å². The number of carboxylic acid groups (broad SMARTS) is 1. The van der Waals surface area contributed by atoms with Crippen molar-refractivity contribution in [2.24, 2.45) is 23.1 Å². The van der Waals surface area contributed by atoms with Crippen LogP contribution in [0.25, 0.3) is 0 Å². The number of carbonyl (C=O) groups is 10. The SMILES string of the molecule is CC(C)C[C@H](NC(=O)CNC(=O)[C@H](CO)NC(=O)[C@H](CCC(N)=O)NC(=O)CN)C(=O)N[C@@H](C)C(=O)NCC(=O)N1CCC[C@H]1C(=O)N[C@@H](CCCCN)C(=O)O. The topological polar surface area (TPSA) is 377 Å². The van der Waals surface area contributed by atoms with Crippen LogP contribution in [0, 0.1) is 5.92 Å². The number of unbranched alkanes of at least 4 members (excludes halogenated alkanes) is 1. The number of aliphatic hydroxyl groups excluding tert-OH is 1. The second kappa shape index (κ2) is 25.7. The zero-order chi connectivity index (χ0) is 43.2. The van der Waals surface area contributed by atoms with Gasteiger partial charge in [0.1, 0.15) is 36.3 Å². The molecule has 1 rings (SSSR count). The Bertz CT molecular complexity index is 1450. The van der Waals surface area contributed by atoms with E-state index in [1.54, 1.807) is 13.8 Å². The average Bonchev–Trinajstić information content (AvgIpc) is 3.65. The molecule has 1 heterocycles. The Labute approximate surface area is 330 Å². The number of rotatable bonds is 26. The van der Waals surface area contributed by atoms with Crippen LogP contribution < -0.4 is 54.4 Å².